The van der Waals surface area contributed by atoms with E-state index >= 15 is 0 Å². The highest BCUT2D eigenvalue weighted by atomic mass is 16.6. The SMILES string of the molecule is C#C[C@@]1(O)CC[C@H]2[C@@H]3CCC4=C/C(=N\OCC(=O)N[C@@H](C(=O)O)[C@H](C)O)CC[C@]4(C)[C@H]3CC[C@@]21C. The second kappa shape index (κ2) is 9.25. The molecule has 4 rings (SSSR count). The van der Waals surface area contributed by atoms with Crippen LogP contribution in [0.3, 0.4) is 0 Å². The van der Waals surface area contributed by atoms with Crippen LogP contribution in [0.5, 0.6) is 0 Å². The topological polar surface area (TPSA) is 128 Å². The van der Waals surface area contributed by atoms with Crippen LogP contribution in [0.1, 0.15) is 72.1 Å². The Bertz CT molecular complexity index is 983. The number of hydrogen-bond acceptors (Lipinski definition) is 6. The number of rotatable bonds is 6. The lowest BCUT2D eigenvalue weighted by Crippen LogP contribution is -2.54. The summed E-state index contributed by atoms with van der Waals surface area (Å²) in [6.45, 7) is 5.46. The number of hydrogen-bond donors (Lipinski definition) is 4. The van der Waals surface area contributed by atoms with E-state index in [-0.39, 0.29) is 10.8 Å². The molecular weight excluding hydrogens is 448 g/mol. The molecule has 0 bridgehead atoms. The quantitative estimate of drug-likeness (QED) is 0.338. The highest BCUT2D eigenvalue weighted by molar-refractivity contribution is 5.96. The molecule has 0 aromatic heterocycles. The van der Waals surface area contributed by atoms with Gasteiger partial charge in [0, 0.05) is 5.41 Å². The Hall–Kier alpha value is -2.37. The second-order valence-corrected chi connectivity index (χ2v) is 11.5. The van der Waals surface area contributed by atoms with E-state index in [0.29, 0.717) is 24.2 Å². The van der Waals surface area contributed by atoms with Gasteiger partial charge in [0.1, 0.15) is 5.60 Å². The second-order valence-electron chi connectivity index (χ2n) is 11.5. The molecule has 4 N–H and O–H groups in total. The Kier molecular flexibility index (Phi) is 6.80. The van der Waals surface area contributed by atoms with Crippen LogP contribution in [-0.2, 0) is 14.4 Å². The molecule has 8 nitrogen and oxygen atoms in total. The molecule has 4 aliphatic carbocycles. The van der Waals surface area contributed by atoms with E-state index in [2.05, 4.69) is 36.3 Å². The van der Waals surface area contributed by atoms with E-state index < -0.39 is 36.2 Å². The first-order chi connectivity index (χ1) is 16.4. The normalized spacial score (nSPS) is 40.9. The van der Waals surface area contributed by atoms with E-state index in [1.54, 1.807) is 0 Å². The zero-order chi connectivity index (χ0) is 25.6. The van der Waals surface area contributed by atoms with Gasteiger partial charge in [-0.3, -0.25) is 4.79 Å². The highest BCUT2D eigenvalue weighted by Gasteiger charge is 2.63. The molecule has 8 atom stereocenters. The number of aliphatic carboxylic acids is 1. The van der Waals surface area contributed by atoms with E-state index in [1.165, 1.54) is 12.5 Å². The van der Waals surface area contributed by atoms with Crippen molar-refractivity contribution >= 4 is 17.6 Å². The molecule has 0 aliphatic heterocycles. The number of carbonyl (C=O) groups is 2. The molecule has 0 unspecified atom stereocenters. The molecule has 4 aliphatic rings. The number of allylic oxidation sites excluding steroid dienone is 2. The first-order valence-corrected chi connectivity index (χ1v) is 12.8. The highest BCUT2D eigenvalue weighted by Crippen LogP contribution is 2.67. The summed E-state index contributed by atoms with van der Waals surface area (Å²) in [5.41, 5.74) is 1.06. The van der Waals surface area contributed by atoms with E-state index in [4.69, 9.17) is 16.4 Å². The summed E-state index contributed by atoms with van der Waals surface area (Å²) in [5, 5.41) is 36.1. The number of carboxylic acids is 1. The van der Waals surface area contributed by atoms with Crippen molar-refractivity contribution in [3.05, 3.63) is 11.6 Å². The third-order valence-electron chi connectivity index (χ3n) is 9.81. The molecule has 3 saturated carbocycles. The molecule has 192 valence electrons. The number of amides is 1. The largest absolute Gasteiger partial charge is 0.480 e. The average Bonchev–Trinajstić information content (AvgIpc) is 3.08. The van der Waals surface area contributed by atoms with E-state index in [1.807, 2.05) is 0 Å². The van der Waals surface area contributed by atoms with Crippen molar-refractivity contribution in [2.75, 3.05) is 6.61 Å². The van der Waals surface area contributed by atoms with Crippen molar-refractivity contribution in [3.8, 4) is 12.3 Å². The minimum Gasteiger partial charge on any atom is -0.480 e. The molecule has 3 fully saturated rings. The van der Waals surface area contributed by atoms with Crippen molar-refractivity contribution in [2.24, 2.45) is 33.7 Å². The Morgan fingerprint density at radius 3 is 2.60 bits per heavy atom. The Labute approximate surface area is 207 Å². The van der Waals surface area contributed by atoms with Gasteiger partial charge in [0.15, 0.2) is 12.6 Å². The molecule has 8 heteroatoms. The van der Waals surface area contributed by atoms with Crippen LogP contribution < -0.4 is 5.32 Å². The lowest BCUT2D eigenvalue weighted by molar-refractivity contribution is -0.145. The van der Waals surface area contributed by atoms with Gasteiger partial charge >= 0.3 is 5.97 Å². The van der Waals surface area contributed by atoms with Crippen molar-refractivity contribution in [2.45, 2.75) is 89.9 Å². The van der Waals surface area contributed by atoms with Gasteiger partial charge in [0.25, 0.3) is 5.91 Å². The molecule has 35 heavy (non-hydrogen) atoms. The minimum atomic E-state index is -1.39. The van der Waals surface area contributed by atoms with Gasteiger partial charge in [-0.15, -0.1) is 6.42 Å². The van der Waals surface area contributed by atoms with Crippen molar-refractivity contribution in [1.82, 2.24) is 5.32 Å². The Morgan fingerprint density at radius 2 is 1.94 bits per heavy atom. The van der Waals surface area contributed by atoms with Crippen molar-refractivity contribution < 1.29 is 29.7 Å². The smallest absolute Gasteiger partial charge is 0.328 e. The summed E-state index contributed by atoms with van der Waals surface area (Å²) in [6, 6.07) is -1.39. The number of nitrogens with one attached hydrogen (secondary N) is 1. The first-order valence-electron chi connectivity index (χ1n) is 12.8. The lowest BCUT2D eigenvalue weighted by atomic mass is 9.46. The van der Waals surface area contributed by atoms with Gasteiger partial charge in [-0.2, -0.15) is 0 Å². The Morgan fingerprint density at radius 1 is 1.23 bits per heavy atom. The summed E-state index contributed by atoms with van der Waals surface area (Å²) in [5.74, 6) is 2.36. The molecule has 0 aromatic rings. The van der Waals surface area contributed by atoms with Crippen LogP contribution in [0.2, 0.25) is 0 Å². The maximum Gasteiger partial charge on any atom is 0.328 e. The number of terminal acetylenes is 1. The molecule has 0 heterocycles. The maximum atomic E-state index is 12.0. The van der Waals surface area contributed by atoms with Crippen molar-refractivity contribution in [3.63, 3.8) is 0 Å². The number of aliphatic hydroxyl groups is 2. The van der Waals surface area contributed by atoms with Gasteiger partial charge in [0.2, 0.25) is 0 Å². The molecular formula is C27H38N2O6. The number of oxime groups is 1. The van der Waals surface area contributed by atoms with Gasteiger partial charge in [-0.25, -0.2) is 4.79 Å². The van der Waals surface area contributed by atoms with Gasteiger partial charge in [-0.1, -0.05) is 30.5 Å². The van der Waals surface area contributed by atoms with Gasteiger partial charge < -0.3 is 25.5 Å². The fraction of sp³-hybridized carbons (Fsp3) is 0.741. The molecule has 0 spiro atoms. The first kappa shape index (κ1) is 25.7. The summed E-state index contributed by atoms with van der Waals surface area (Å²) in [4.78, 5) is 28.3. The summed E-state index contributed by atoms with van der Waals surface area (Å²) >= 11 is 0. The molecule has 0 aromatic carbocycles. The predicted octanol–water partition coefficient (Wildman–Crippen LogP) is 2.64. The molecule has 0 radical (unpaired) electrons. The zero-order valence-corrected chi connectivity index (χ0v) is 20.9. The number of aliphatic hydroxyl groups excluding tert-OH is 1. The number of carboxylic acid groups (broad SMARTS) is 1. The summed E-state index contributed by atoms with van der Waals surface area (Å²) in [7, 11) is 0. The summed E-state index contributed by atoms with van der Waals surface area (Å²) in [6.07, 6.45) is 14.1. The predicted molar refractivity (Wildman–Crippen MR) is 130 cm³/mol. The van der Waals surface area contributed by atoms with Crippen molar-refractivity contribution in [1.29, 1.82) is 0 Å². The third-order valence-corrected chi connectivity index (χ3v) is 9.81. The monoisotopic (exact) mass is 486 g/mol. The fourth-order valence-corrected chi connectivity index (χ4v) is 7.67. The minimum absolute atomic E-state index is 0.0868. The van der Waals surface area contributed by atoms with E-state index in [0.717, 1.165) is 50.7 Å². The van der Waals surface area contributed by atoms with Gasteiger partial charge in [0.05, 0.1) is 11.8 Å². The van der Waals surface area contributed by atoms with Crippen LogP contribution >= 0.6 is 0 Å². The number of nitrogens with zero attached hydrogens (tertiary/aromatic N) is 1. The molecule has 0 saturated heterocycles. The van der Waals surface area contributed by atoms with Gasteiger partial charge in [-0.05, 0) is 87.5 Å². The molecule has 1 amide bonds. The Balaban J connectivity index is 1.41. The zero-order valence-electron chi connectivity index (χ0n) is 20.9. The van der Waals surface area contributed by atoms with Crippen LogP contribution in [-0.4, -0.2) is 57.3 Å². The number of fused-ring (bicyclic) bond motifs is 5. The third kappa shape index (κ3) is 4.27. The van der Waals surface area contributed by atoms with Crippen LogP contribution in [0, 0.1) is 40.9 Å². The van der Waals surface area contributed by atoms with Crippen LogP contribution in [0.4, 0.5) is 0 Å². The summed E-state index contributed by atoms with van der Waals surface area (Å²) < 4.78 is 0. The fourth-order valence-electron chi connectivity index (χ4n) is 7.67. The average molecular weight is 487 g/mol. The van der Waals surface area contributed by atoms with Crippen LogP contribution in [0.15, 0.2) is 16.8 Å². The standard InChI is InChI=1S/C27H38N2O6/c1-5-27(34)13-10-21-19-7-6-17-14-18(8-11-25(17,3)20(19)9-12-26(21,27)4)29-35-15-22(31)28-23(16(2)30)24(32)33/h1,14,16,19-21,23,30,34H,6-13,15H2,2-4H3,(H,28,31)(H,32,33)/b29-18-/t16-,19+,20-,21-,23+,25-,26-,27+/m0/s1. The van der Waals surface area contributed by atoms with E-state index in [9.17, 15) is 19.8 Å². The maximum absolute atomic E-state index is 12.0. The van der Waals surface area contributed by atoms with Crippen LogP contribution in [0.25, 0.3) is 0 Å². The lowest BCUT2D eigenvalue weighted by Gasteiger charge is -2.58. The number of carbonyl (C=O) groups excluding carboxylic acids is 1.